The minimum Gasteiger partial charge on any atom is -0.394 e. The van der Waals surface area contributed by atoms with Gasteiger partial charge in [-0.1, -0.05) is 0 Å². The number of hydrogen-bond acceptors (Lipinski definition) is 6. The maximum Gasteiger partial charge on any atom is 0.167 e. The van der Waals surface area contributed by atoms with E-state index in [0.717, 1.165) is 14.2 Å². The molecule has 2 aromatic carbocycles. The van der Waals surface area contributed by atoms with Crippen LogP contribution in [0.15, 0.2) is 0 Å². The summed E-state index contributed by atoms with van der Waals surface area (Å²) in [5, 5.41) is 33.2. The average Bonchev–Trinajstić information content (AvgIpc) is 2.82. The quantitative estimate of drug-likeness (QED) is 0.269. The number of hydrogen-bond donors (Lipinski definition) is 4. The van der Waals surface area contributed by atoms with Gasteiger partial charge in [0.25, 0.3) is 0 Å². The molecule has 0 amide bonds. The molecule has 0 bridgehead atoms. The SMILES string of the molecule is CC(C)O.CC(C)O.COCc1c(F)c(F)c(CO)c(F)c1F.COCc1c(F)c(F)c(CO)c(F)c1F.[Zr]. The third-order valence-electron chi connectivity index (χ3n) is 3.78. The second-order valence-electron chi connectivity index (χ2n) is 7.80. The Morgan fingerprint density at radius 2 is 0.641 bits per heavy atom. The number of halogens is 8. The fourth-order valence-corrected chi connectivity index (χ4v) is 2.26. The van der Waals surface area contributed by atoms with E-state index in [2.05, 4.69) is 9.47 Å². The molecule has 4 N–H and O–H groups in total. The fourth-order valence-electron chi connectivity index (χ4n) is 2.26. The standard InChI is InChI=1S/2C9H8F4O2.2C3H8O.Zr/c2*1-15-3-5-8(12)6(10)4(2-14)7(11)9(5)13;2*1-3(2)4;/h2*14H,2-3H2,1H3;2*3-4H,1-2H3;. The van der Waals surface area contributed by atoms with E-state index in [9.17, 15) is 35.1 Å². The Hall–Kier alpha value is -1.48. The van der Waals surface area contributed by atoms with E-state index >= 15 is 0 Å². The molecule has 0 spiro atoms. The van der Waals surface area contributed by atoms with Gasteiger partial charge in [0.2, 0.25) is 0 Å². The average molecular weight is 660 g/mol. The van der Waals surface area contributed by atoms with E-state index in [1.54, 1.807) is 27.7 Å². The minimum atomic E-state index is -1.59. The van der Waals surface area contributed by atoms with Gasteiger partial charge in [0.05, 0.1) is 48.7 Å². The molecule has 15 heteroatoms. The van der Waals surface area contributed by atoms with Crippen LogP contribution in [0.3, 0.4) is 0 Å². The van der Waals surface area contributed by atoms with Gasteiger partial charge in [0.1, 0.15) is 0 Å². The second kappa shape index (κ2) is 21.3. The van der Waals surface area contributed by atoms with Crippen LogP contribution in [0.4, 0.5) is 35.1 Å². The van der Waals surface area contributed by atoms with Crippen LogP contribution >= 0.6 is 0 Å². The summed E-state index contributed by atoms with van der Waals surface area (Å²) in [6, 6.07) is 0. The molecule has 2 aromatic rings. The Balaban J connectivity index is -0.000000512. The third kappa shape index (κ3) is 13.6. The van der Waals surface area contributed by atoms with E-state index in [-0.39, 0.29) is 38.4 Å². The number of benzene rings is 2. The molecule has 39 heavy (non-hydrogen) atoms. The van der Waals surface area contributed by atoms with Crippen molar-refractivity contribution >= 4 is 0 Å². The molecule has 0 aliphatic heterocycles. The van der Waals surface area contributed by atoms with Crippen molar-refractivity contribution in [3.8, 4) is 0 Å². The fraction of sp³-hybridized carbons (Fsp3) is 0.500. The monoisotopic (exact) mass is 658 g/mol. The van der Waals surface area contributed by atoms with Gasteiger partial charge < -0.3 is 29.9 Å². The summed E-state index contributed by atoms with van der Waals surface area (Å²) in [5.74, 6) is -12.5. The summed E-state index contributed by atoms with van der Waals surface area (Å²) in [6.45, 7) is 3.49. The molecular formula is C24H32F8O6Zr. The summed E-state index contributed by atoms with van der Waals surface area (Å²) in [5.41, 5.74) is -3.70. The molecule has 0 saturated heterocycles. The number of ether oxygens (including phenoxy) is 2. The summed E-state index contributed by atoms with van der Waals surface area (Å²) in [4.78, 5) is 0. The van der Waals surface area contributed by atoms with Gasteiger partial charge in [0.15, 0.2) is 46.5 Å². The van der Waals surface area contributed by atoms with Crippen molar-refractivity contribution in [1.29, 1.82) is 0 Å². The van der Waals surface area contributed by atoms with Crippen LogP contribution in [0.5, 0.6) is 0 Å². The first-order valence-electron chi connectivity index (χ1n) is 10.8. The zero-order chi connectivity index (χ0) is 30.3. The number of methoxy groups -OCH3 is 2. The molecule has 0 aliphatic rings. The molecule has 224 valence electrons. The Kier molecular flexibility index (Phi) is 22.9. The molecule has 0 heterocycles. The molecular weight excluding hydrogens is 627 g/mol. The van der Waals surface area contributed by atoms with Crippen molar-refractivity contribution in [3.05, 3.63) is 68.8 Å². The van der Waals surface area contributed by atoms with Gasteiger partial charge in [-0.15, -0.1) is 0 Å². The summed E-state index contributed by atoms with van der Waals surface area (Å²) >= 11 is 0. The zero-order valence-corrected chi connectivity index (χ0v) is 24.6. The molecule has 0 fully saturated rings. The van der Waals surface area contributed by atoms with Gasteiger partial charge in [0, 0.05) is 52.6 Å². The van der Waals surface area contributed by atoms with Crippen molar-refractivity contribution < 1.29 is 91.2 Å². The maximum atomic E-state index is 13.1. The van der Waals surface area contributed by atoms with Gasteiger partial charge in [-0.2, -0.15) is 0 Å². The number of aliphatic hydroxyl groups excluding tert-OH is 4. The molecule has 0 radical (unpaired) electrons. The maximum absolute atomic E-state index is 13.1. The zero-order valence-electron chi connectivity index (χ0n) is 22.1. The van der Waals surface area contributed by atoms with Crippen molar-refractivity contribution in [2.75, 3.05) is 14.2 Å². The molecule has 0 aliphatic carbocycles. The van der Waals surface area contributed by atoms with Crippen LogP contribution < -0.4 is 0 Å². The summed E-state index contributed by atoms with van der Waals surface area (Å²) < 4.78 is 113. The van der Waals surface area contributed by atoms with Crippen LogP contribution in [0.1, 0.15) is 49.9 Å². The first kappa shape index (κ1) is 42.0. The van der Waals surface area contributed by atoms with Crippen molar-refractivity contribution in [1.82, 2.24) is 0 Å². The van der Waals surface area contributed by atoms with E-state index in [1.165, 1.54) is 0 Å². The van der Waals surface area contributed by atoms with E-state index in [4.69, 9.17) is 20.4 Å². The first-order chi connectivity index (χ1) is 17.5. The van der Waals surface area contributed by atoms with E-state index < -0.39 is 95.2 Å². The van der Waals surface area contributed by atoms with Gasteiger partial charge in [-0.3, -0.25) is 0 Å². The predicted molar refractivity (Wildman–Crippen MR) is 121 cm³/mol. The Bertz CT molecular complexity index is 867. The Labute approximate surface area is 240 Å². The first-order valence-corrected chi connectivity index (χ1v) is 10.8. The predicted octanol–water partition coefficient (Wildman–Crippen LogP) is 4.54. The molecule has 0 saturated carbocycles. The molecule has 0 aromatic heterocycles. The van der Waals surface area contributed by atoms with Crippen molar-refractivity contribution in [2.24, 2.45) is 0 Å². The van der Waals surface area contributed by atoms with Gasteiger partial charge in [-0.05, 0) is 27.7 Å². The van der Waals surface area contributed by atoms with Crippen LogP contribution in [0.25, 0.3) is 0 Å². The second-order valence-corrected chi connectivity index (χ2v) is 7.80. The molecule has 2 rings (SSSR count). The topological polar surface area (TPSA) is 99.4 Å². The summed E-state index contributed by atoms with van der Waals surface area (Å²) in [6.07, 6.45) is -0.333. The summed E-state index contributed by atoms with van der Waals surface area (Å²) in [7, 11) is 2.27. The van der Waals surface area contributed by atoms with Crippen LogP contribution in [0.2, 0.25) is 0 Å². The van der Waals surface area contributed by atoms with Crippen LogP contribution in [-0.4, -0.2) is 46.9 Å². The van der Waals surface area contributed by atoms with Crippen LogP contribution in [-0.2, 0) is 62.1 Å². The van der Waals surface area contributed by atoms with E-state index in [0.29, 0.717) is 0 Å². The van der Waals surface area contributed by atoms with Crippen molar-refractivity contribution in [3.63, 3.8) is 0 Å². The molecule has 6 nitrogen and oxygen atoms in total. The minimum absolute atomic E-state index is 0. The van der Waals surface area contributed by atoms with Gasteiger partial charge >= 0.3 is 0 Å². The Morgan fingerprint density at radius 3 is 0.769 bits per heavy atom. The normalized spacial score (nSPS) is 10.2. The smallest absolute Gasteiger partial charge is 0.167 e. The molecule has 0 unspecified atom stereocenters. The van der Waals surface area contributed by atoms with Gasteiger partial charge in [-0.25, -0.2) is 35.1 Å². The molecule has 0 atom stereocenters. The largest absolute Gasteiger partial charge is 0.394 e. The third-order valence-corrected chi connectivity index (χ3v) is 3.78. The number of aliphatic hydroxyl groups is 4. The van der Waals surface area contributed by atoms with E-state index in [1.807, 2.05) is 0 Å². The van der Waals surface area contributed by atoms with Crippen molar-refractivity contribution in [2.45, 2.75) is 66.3 Å². The Morgan fingerprint density at radius 1 is 0.487 bits per heavy atom. The van der Waals surface area contributed by atoms with Crippen LogP contribution in [0, 0.1) is 46.5 Å². The number of rotatable bonds is 6.